The fraction of sp³-hybridized carbons (Fsp3) is 0.423. The predicted octanol–water partition coefficient (Wildman–Crippen LogP) is 4.37. The second kappa shape index (κ2) is 12.9. The first-order valence-electron chi connectivity index (χ1n) is 11.2. The highest BCUT2D eigenvalue weighted by molar-refractivity contribution is 5.65. The number of rotatable bonds is 12. The van der Waals surface area contributed by atoms with E-state index in [-0.39, 0.29) is 12.0 Å². The summed E-state index contributed by atoms with van der Waals surface area (Å²) in [6.07, 6.45) is 2.08. The van der Waals surface area contributed by atoms with Crippen LogP contribution in [0.15, 0.2) is 61.2 Å². The predicted molar refractivity (Wildman–Crippen MR) is 126 cm³/mol. The van der Waals surface area contributed by atoms with Crippen molar-refractivity contribution in [3.63, 3.8) is 0 Å². The zero-order valence-electron chi connectivity index (χ0n) is 19.2. The Morgan fingerprint density at radius 2 is 1.94 bits per heavy atom. The molecule has 2 atom stereocenters. The number of carbonyl (C=O) groups is 1. The Morgan fingerprint density at radius 3 is 2.67 bits per heavy atom. The summed E-state index contributed by atoms with van der Waals surface area (Å²) in [5.74, 6) is 1.79. The van der Waals surface area contributed by atoms with Crippen LogP contribution in [0.5, 0.6) is 11.5 Å². The molecule has 1 heterocycles. The molecule has 1 aliphatic heterocycles. The summed E-state index contributed by atoms with van der Waals surface area (Å²) in [5, 5.41) is 9.31. The molecule has 7 heteroatoms. The molecule has 0 aliphatic carbocycles. The minimum atomic E-state index is -0.908. The summed E-state index contributed by atoms with van der Waals surface area (Å²) in [4.78, 5) is 12.8. The number of carboxylic acid groups (broad SMARTS) is 1. The molecule has 0 spiro atoms. The van der Waals surface area contributed by atoms with Crippen molar-refractivity contribution in [2.75, 3.05) is 46.6 Å². The maximum atomic E-state index is 11.3. The lowest BCUT2D eigenvalue weighted by atomic mass is 9.87. The Bertz CT molecular complexity index is 885. The van der Waals surface area contributed by atoms with E-state index in [9.17, 15) is 9.90 Å². The van der Waals surface area contributed by atoms with E-state index in [0.29, 0.717) is 45.9 Å². The molecule has 2 unspecified atom stereocenters. The summed E-state index contributed by atoms with van der Waals surface area (Å²) in [6, 6.07) is 15.9. The number of hydrogen-bond donors (Lipinski definition) is 1. The lowest BCUT2D eigenvalue weighted by molar-refractivity contribution is 0.00162. The van der Waals surface area contributed by atoms with Crippen LogP contribution in [0.3, 0.4) is 0 Å². The summed E-state index contributed by atoms with van der Waals surface area (Å²) < 4.78 is 22.7. The van der Waals surface area contributed by atoms with Gasteiger partial charge < -0.3 is 29.0 Å². The lowest BCUT2D eigenvalue weighted by Crippen LogP contribution is -2.46. The molecule has 2 aromatic rings. The van der Waals surface area contributed by atoms with Crippen LogP contribution in [0, 0.1) is 0 Å². The molecule has 178 valence electrons. The number of nitrogens with zero attached hydrogens (tertiary/aromatic N) is 1. The van der Waals surface area contributed by atoms with Crippen LogP contribution in [0.4, 0.5) is 4.79 Å². The Balaban J connectivity index is 1.43. The third kappa shape index (κ3) is 7.23. The van der Waals surface area contributed by atoms with Crippen molar-refractivity contribution in [3.05, 3.63) is 72.3 Å². The van der Waals surface area contributed by atoms with Crippen LogP contribution in [-0.4, -0.2) is 68.8 Å². The smallest absolute Gasteiger partial charge is 0.407 e. The molecule has 1 amide bonds. The number of para-hydroxylation sites is 1. The van der Waals surface area contributed by atoms with Gasteiger partial charge in [-0.15, -0.1) is 6.58 Å². The van der Waals surface area contributed by atoms with Gasteiger partial charge in [0.25, 0.3) is 0 Å². The topological polar surface area (TPSA) is 77.5 Å². The number of ether oxygens (including phenoxy) is 4. The van der Waals surface area contributed by atoms with E-state index < -0.39 is 6.09 Å². The van der Waals surface area contributed by atoms with Crippen molar-refractivity contribution in [1.29, 1.82) is 0 Å². The lowest BCUT2D eigenvalue weighted by Gasteiger charge is -2.37. The highest BCUT2D eigenvalue weighted by Crippen LogP contribution is 2.31. The van der Waals surface area contributed by atoms with Gasteiger partial charge in [0.05, 0.1) is 39.6 Å². The van der Waals surface area contributed by atoms with E-state index in [0.717, 1.165) is 29.0 Å². The van der Waals surface area contributed by atoms with Crippen LogP contribution in [0.1, 0.15) is 23.5 Å². The number of methoxy groups -OCH3 is 1. The van der Waals surface area contributed by atoms with Gasteiger partial charge in [0.2, 0.25) is 0 Å². The van der Waals surface area contributed by atoms with Crippen LogP contribution in [0.2, 0.25) is 0 Å². The Hall–Kier alpha value is -3.03. The summed E-state index contributed by atoms with van der Waals surface area (Å²) in [7, 11) is 1.67. The van der Waals surface area contributed by atoms with E-state index in [4.69, 9.17) is 18.9 Å². The minimum Gasteiger partial charge on any atom is -0.496 e. The second-order valence-electron chi connectivity index (χ2n) is 7.88. The molecule has 7 nitrogen and oxygen atoms in total. The van der Waals surface area contributed by atoms with E-state index in [1.54, 1.807) is 13.2 Å². The van der Waals surface area contributed by atoms with Gasteiger partial charge in [-0.1, -0.05) is 36.4 Å². The first-order chi connectivity index (χ1) is 16.1. The molecule has 3 rings (SSSR count). The summed E-state index contributed by atoms with van der Waals surface area (Å²) in [6.45, 7) is 6.51. The first kappa shape index (κ1) is 24.6. The Morgan fingerprint density at radius 1 is 1.15 bits per heavy atom. The van der Waals surface area contributed by atoms with Crippen molar-refractivity contribution in [1.82, 2.24) is 4.90 Å². The number of piperidine rings is 1. The van der Waals surface area contributed by atoms with Gasteiger partial charge >= 0.3 is 6.09 Å². The van der Waals surface area contributed by atoms with E-state index in [1.807, 2.05) is 48.5 Å². The molecule has 0 saturated carbocycles. The largest absolute Gasteiger partial charge is 0.496 e. The van der Waals surface area contributed by atoms with Gasteiger partial charge in [-0.25, -0.2) is 4.79 Å². The highest BCUT2D eigenvalue weighted by atomic mass is 16.5. The molecule has 1 aliphatic rings. The standard InChI is InChI=1S/C26H33NO6/c1-3-15-33-25-19-27(26(28)29)14-12-23(25)20-8-10-22(11-9-20)32-18-17-31-16-13-21-6-4-5-7-24(21)30-2/h3-11,23,25H,1,12-19H2,2H3,(H,28,29). The molecule has 1 N–H and O–H groups in total. The molecule has 0 radical (unpaired) electrons. The second-order valence-corrected chi connectivity index (χ2v) is 7.88. The first-order valence-corrected chi connectivity index (χ1v) is 11.2. The number of amides is 1. The maximum Gasteiger partial charge on any atom is 0.407 e. The number of hydrogen-bond acceptors (Lipinski definition) is 5. The van der Waals surface area contributed by atoms with Gasteiger partial charge in [-0.3, -0.25) is 0 Å². The zero-order valence-corrected chi connectivity index (χ0v) is 19.2. The van der Waals surface area contributed by atoms with Crippen LogP contribution in [-0.2, 0) is 15.9 Å². The van der Waals surface area contributed by atoms with Crippen LogP contribution in [0.25, 0.3) is 0 Å². The van der Waals surface area contributed by atoms with Gasteiger partial charge in [0.1, 0.15) is 18.1 Å². The summed E-state index contributed by atoms with van der Waals surface area (Å²) in [5.41, 5.74) is 2.25. The van der Waals surface area contributed by atoms with Gasteiger partial charge in [0, 0.05) is 12.5 Å². The highest BCUT2D eigenvalue weighted by Gasteiger charge is 2.33. The average Bonchev–Trinajstić information content (AvgIpc) is 2.85. The SMILES string of the molecule is C=CCOC1CN(C(=O)O)CCC1c1ccc(OCCOCCc2ccccc2OC)cc1. The minimum absolute atomic E-state index is 0.132. The fourth-order valence-corrected chi connectivity index (χ4v) is 4.06. The zero-order chi connectivity index (χ0) is 23.5. The summed E-state index contributed by atoms with van der Waals surface area (Å²) >= 11 is 0. The normalized spacial score (nSPS) is 18.0. The van der Waals surface area contributed by atoms with E-state index in [1.165, 1.54) is 4.90 Å². The molecular weight excluding hydrogens is 422 g/mol. The van der Waals surface area contributed by atoms with Crippen molar-refractivity contribution in [3.8, 4) is 11.5 Å². The monoisotopic (exact) mass is 455 g/mol. The molecular formula is C26H33NO6. The molecule has 2 aromatic carbocycles. The van der Waals surface area contributed by atoms with Crippen molar-refractivity contribution in [2.45, 2.75) is 24.9 Å². The third-order valence-corrected chi connectivity index (χ3v) is 5.77. The Labute approximate surface area is 195 Å². The maximum absolute atomic E-state index is 11.3. The van der Waals surface area contributed by atoms with E-state index in [2.05, 4.69) is 6.58 Å². The van der Waals surface area contributed by atoms with Crippen molar-refractivity contribution < 1.29 is 28.8 Å². The fourth-order valence-electron chi connectivity index (χ4n) is 4.06. The van der Waals surface area contributed by atoms with Gasteiger partial charge in [-0.05, 0) is 42.2 Å². The van der Waals surface area contributed by atoms with E-state index >= 15 is 0 Å². The molecule has 0 bridgehead atoms. The van der Waals surface area contributed by atoms with Crippen molar-refractivity contribution >= 4 is 6.09 Å². The van der Waals surface area contributed by atoms with Gasteiger partial charge in [-0.2, -0.15) is 0 Å². The third-order valence-electron chi connectivity index (χ3n) is 5.77. The molecule has 0 aromatic heterocycles. The molecule has 33 heavy (non-hydrogen) atoms. The van der Waals surface area contributed by atoms with Crippen molar-refractivity contribution in [2.24, 2.45) is 0 Å². The Kier molecular flexibility index (Phi) is 9.59. The average molecular weight is 456 g/mol. The molecule has 1 fully saturated rings. The van der Waals surface area contributed by atoms with Crippen LogP contribution >= 0.6 is 0 Å². The number of likely N-dealkylation sites (tertiary alicyclic amines) is 1. The van der Waals surface area contributed by atoms with Gasteiger partial charge in [0.15, 0.2) is 0 Å². The molecule has 1 saturated heterocycles. The number of benzene rings is 2. The quantitative estimate of drug-likeness (QED) is 0.378. The van der Waals surface area contributed by atoms with Crippen LogP contribution < -0.4 is 9.47 Å².